The minimum absolute atomic E-state index is 0.154. The van der Waals surface area contributed by atoms with Crippen LogP contribution < -0.4 is 9.62 Å². The molecule has 0 spiro atoms. The Morgan fingerprint density at radius 1 is 0.892 bits per heavy atom. The lowest BCUT2D eigenvalue weighted by Crippen LogP contribution is -2.41. The predicted molar refractivity (Wildman–Crippen MR) is 146 cm³/mol. The number of ether oxygens (including phenoxy) is 1. The van der Waals surface area contributed by atoms with Crippen molar-refractivity contribution in [3.05, 3.63) is 94.5 Å². The lowest BCUT2D eigenvalue weighted by atomic mass is 10.1. The highest BCUT2D eigenvalue weighted by Gasteiger charge is 2.28. The largest absolute Gasteiger partial charge is 0.379 e. The molecular formula is C29H35N3O4S. The number of sulfonamides is 1. The highest BCUT2D eigenvalue weighted by Crippen LogP contribution is 2.27. The number of aryl methyl sites for hydroxylation is 3. The maximum absolute atomic E-state index is 13.6. The number of hydrogen-bond acceptors (Lipinski definition) is 5. The number of hydrogen-bond donors (Lipinski definition) is 1. The van der Waals surface area contributed by atoms with E-state index in [0.717, 1.165) is 55.1 Å². The van der Waals surface area contributed by atoms with E-state index in [-0.39, 0.29) is 17.3 Å². The van der Waals surface area contributed by atoms with Gasteiger partial charge in [0.1, 0.15) is 6.54 Å². The molecule has 8 heteroatoms. The molecule has 1 heterocycles. The number of amides is 1. The van der Waals surface area contributed by atoms with Gasteiger partial charge in [-0.3, -0.25) is 14.0 Å². The first-order chi connectivity index (χ1) is 17.7. The standard InChI is InChI=1S/C29H35N3O4S/c1-22-4-11-27(12-5-22)37(34,35)32(28-13-6-23(2)18-24(28)3)21-29(33)30-19-25-7-9-26(10-8-25)20-31-14-16-36-17-15-31/h4-13,18H,14-17,19-21H2,1-3H3,(H,30,33). The van der Waals surface area contributed by atoms with E-state index in [4.69, 9.17) is 4.74 Å². The molecule has 196 valence electrons. The molecule has 4 rings (SSSR count). The summed E-state index contributed by atoms with van der Waals surface area (Å²) >= 11 is 0. The number of benzene rings is 3. The molecule has 0 aliphatic carbocycles. The maximum atomic E-state index is 13.6. The summed E-state index contributed by atoms with van der Waals surface area (Å²) in [5.41, 5.74) is 5.44. The van der Waals surface area contributed by atoms with Crippen molar-refractivity contribution in [3.8, 4) is 0 Å². The van der Waals surface area contributed by atoms with Gasteiger partial charge in [-0.05, 0) is 55.7 Å². The Bertz CT molecular complexity index is 1320. The van der Waals surface area contributed by atoms with Gasteiger partial charge in [-0.1, -0.05) is 59.7 Å². The average Bonchev–Trinajstić information content (AvgIpc) is 2.88. The van der Waals surface area contributed by atoms with Gasteiger partial charge in [0.15, 0.2) is 0 Å². The van der Waals surface area contributed by atoms with Crippen molar-refractivity contribution in [2.24, 2.45) is 0 Å². The lowest BCUT2D eigenvalue weighted by molar-refractivity contribution is -0.119. The molecule has 37 heavy (non-hydrogen) atoms. The van der Waals surface area contributed by atoms with Gasteiger partial charge in [0.05, 0.1) is 23.8 Å². The Morgan fingerprint density at radius 3 is 2.16 bits per heavy atom. The Labute approximate surface area is 220 Å². The number of rotatable bonds is 9. The number of anilines is 1. The van der Waals surface area contributed by atoms with Crippen molar-refractivity contribution < 1.29 is 17.9 Å². The number of carbonyl (C=O) groups is 1. The van der Waals surface area contributed by atoms with E-state index in [9.17, 15) is 13.2 Å². The molecule has 1 aliphatic rings. The third kappa shape index (κ3) is 6.97. The molecule has 1 aliphatic heterocycles. The first kappa shape index (κ1) is 26.9. The summed E-state index contributed by atoms with van der Waals surface area (Å²) in [5.74, 6) is -0.368. The van der Waals surface area contributed by atoms with E-state index in [1.54, 1.807) is 30.3 Å². The summed E-state index contributed by atoms with van der Waals surface area (Å²) in [6.45, 7) is 9.99. The second-order valence-corrected chi connectivity index (χ2v) is 11.5. The van der Waals surface area contributed by atoms with Gasteiger partial charge in [-0.15, -0.1) is 0 Å². The van der Waals surface area contributed by atoms with Crippen LogP contribution in [0, 0.1) is 20.8 Å². The van der Waals surface area contributed by atoms with E-state index in [0.29, 0.717) is 12.2 Å². The molecular weight excluding hydrogens is 486 g/mol. The third-order valence-corrected chi connectivity index (χ3v) is 8.31. The zero-order valence-electron chi connectivity index (χ0n) is 21.7. The number of morpholine rings is 1. The van der Waals surface area contributed by atoms with Crippen LogP contribution in [0.3, 0.4) is 0 Å². The maximum Gasteiger partial charge on any atom is 0.264 e. The predicted octanol–water partition coefficient (Wildman–Crippen LogP) is 3.96. The third-order valence-electron chi connectivity index (χ3n) is 6.54. The van der Waals surface area contributed by atoms with Crippen molar-refractivity contribution >= 4 is 21.6 Å². The molecule has 0 saturated carbocycles. The molecule has 0 radical (unpaired) electrons. The van der Waals surface area contributed by atoms with Gasteiger partial charge in [0, 0.05) is 26.2 Å². The second kappa shape index (κ2) is 11.9. The van der Waals surface area contributed by atoms with Gasteiger partial charge in [-0.25, -0.2) is 8.42 Å². The van der Waals surface area contributed by atoms with E-state index in [2.05, 4.69) is 22.3 Å². The fourth-order valence-electron chi connectivity index (χ4n) is 4.39. The number of carbonyl (C=O) groups excluding carboxylic acids is 1. The van der Waals surface area contributed by atoms with Gasteiger partial charge >= 0.3 is 0 Å². The molecule has 3 aromatic rings. The molecule has 1 fully saturated rings. The van der Waals surface area contributed by atoms with Crippen molar-refractivity contribution in [3.63, 3.8) is 0 Å². The summed E-state index contributed by atoms with van der Waals surface area (Å²) in [6.07, 6.45) is 0. The van der Waals surface area contributed by atoms with Crippen LogP contribution in [-0.4, -0.2) is 52.1 Å². The van der Waals surface area contributed by atoms with Gasteiger partial charge in [-0.2, -0.15) is 0 Å². The molecule has 1 amide bonds. The van der Waals surface area contributed by atoms with Crippen LogP contribution in [0.15, 0.2) is 71.6 Å². The second-order valence-electron chi connectivity index (χ2n) is 9.60. The van der Waals surface area contributed by atoms with Crippen molar-refractivity contribution in [2.75, 3.05) is 37.2 Å². The monoisotopic (exact) mass is 521 g/mol. The minimum Gasteiger partial charge on any atom is -0.379 e. The molecule has 0 atom stereocenters. The van der Waals surface area contributed by atoms with Crippen LogP contribution in [0.2, 0.25) is 0 Å². The van der Waals surface area contributed by atoms with Crippen LogP contribution >= 0.6 is 0 Å². The van der Waals surface area contributed by atoms with E-state index >= 15 is 0 Å². The molecule has 1 N–H and O–H groups in total. The molecule has 0 aromatic heterocycles. The Kier molecular flexibility index (Phi) is 8.63. The Hall–Kier alpha value is -3.20. The van der Waals surface area contributed by atoms with Crippen LogP contribution in [0.4, 0.5) is 5.69 Å². The molecule has 1 saturated heterocycles. The summed E-state index contributed by atoms with van der Waals surface area (Å²) in [4.78, 5) is 15.5. The van der Waals surface area contributed by atoms with Gasteiger partial charge in [0.2, 0.25) is 5.91 Å². The SMILES string of the molecule is Cc1ccc(S(=O)(=O)N(CC(=O)NCc2ccc(CN3CCOCC3)cc2)c2ccc(C)cc2C)cc1. The topological polar surface area (TPSA) is 79.0 Å². The average molecular weight is 522 g/mol. The molecule has 0 unspecified atom stereocenters. The van der Waals surface area contributed by atoms with Gasteiger partial charge in [0.25, 0.3) is 10.0 Å². The van der Waals surface area contributed by atoms with Crippen molar-refractivity contribution in [1.82, 2.24) is 10.2 Å². The summed E-state index contributed by atoms with van der Waals surface area (Å²) in [7, 11) is -3.95. The number of nitrogens with one attached hydrogen (secondary N) is 1. The zero-order chi connectivity index (χ0) is 26.4. The summed E-state index contributed by atoms with van der Waals surface area (Å²) in [6, 6.07) is 20.4. The highest BCUT2D eigenvalue weighted by molar-refractivity contribution is 7.92. The molecule has 7 nitrogen and oxygen atoms in total. The van der Waals surface area contributed by atoms with Crippen LogP contribution in [0.1, 0.15) is 27.8 Å². The Balaban J connectivity index is 1.46. The first-order valence-corrected chi connectivity index (χ1v) is 14.0. The lowest BCUT2D eigenvalue weighted by Gasteiger charge is -2.26. The van der Waals surface area contributed by atoms with Crippen LogP contribution in [0.25, 0.3) is 0 Å². The van der Waals surface area contributed by atoms with Gasteiger partial charge < -0.3 is 10.1 Å². The summed E-state index contributed by atoms with van der Waals surface area (Å²) < 4.78 is 33.9. The van der Waals surface area contributed by atoms with E-state index in [1.165, 1.54) is 9.87 Å². The summed E-state index contributed by atoms with van der Waals surface area (Å²) in [5, 5.41) is 2.89. The molecule has 0 bridgehead atoms. The first-order valence-electron chi connectivity index (χ1n) is 12.5. The normalized spacial score (nSPS) is 14.4. The number of nitrogens with zero attached hydrogens (tertiary/aromatic N) is 2. The quantitative estimate of drug-likeness (QED) is 0.461. The highest BCUT2D eigenvalue weighted by atomic mass is 32.2. The molecule has 3 aromatic carbocycles. The fourth-order valence-corrected chi connectivity index (χ4v) is 5.87. The Morgan fingerprint density at radius 2 is 1.51 bits per heavy atom. The van der Waals surface area contributed by atoms with E-state index in [1.807, 2.05) is 45.0 Å². The zero-order valence-corrected chi connectivity index (χ0v) is 22.6. The van der Waals surface area contributed by atoms with E-state index < -0.39 is 10.0 Å². The van der Waals surface area contributed by atoms with Crippen LogP contribution in [0.5, 0.6) is 0 Å². The fraction of sp³-hybridized carbons (Fsp3) is 0.345. The van der Waals surface area contributed by atoms with Crippen LogP contribution in [-0.2, 0) is 32.6 Å². The van der Waals surface area contributed by atoms with Crippen molar-refractivity contribution in [2.45, 2.75) is 38.8 Å². The smallest absolute Gasteiger partial charge is 0.264 e. The van der Waals surface area contributed by atoms with Crippen molar-refractivity contribution in [1.29, 1.82) is 0 Å². The minimum atomic E-state index is -3.95.